The average molecular weight is 501 g/mol. The van der Waals surface area contributed by atoms with Crippen molar-refractivity contribution in [1.82, 2.24) is 9.80 Å². The zero-order valence-corrected chi connectivity index (χ0v) is 21.5. The molecule has 0 saturated carbocycles. The lowest BCUT2D eigenvalue weighted by Crippen LogP contribution is -2.33. The average Bonchev–Trinajstić information content (AvgIpc) is 3.12. The maximum absolute atomic E-state index is 13.2. The van der Waals surface area contributed by atoms with Crippen LogP contribution in [0.4, 0.5) is 0 Å². The number of ether oxygens (including phenoxy) is 2. The molecule has 3 rings (SSSR count). The van der Waals surface area contributed by atoms with Crippen molar-refractivity contribution in [3.63, 3.8) is 0 Å². The third-order valence-electron chi connectivity index (χ3n) is 6.24. The number of carbonyl (C=O) groups is 2. The second-order valence-corrected chi connectivity index (χ2v) is 8.63. The molecule has 2 aromatic carbocycles. The Morgan fingerprint density at radius 1 is 1.09 bits per heavy atom. The van der Waals surface area contributed by atoms with Crippen molar-refractivity contribution in [3.8, 4) is 11.5 Å². The van der Waals surface area contributed by atoms with Gasteiger partial charge in [0.15, 0.2) is 0 Å². The molecule has 1 aliphatic rings. The van der Waals surface area contributed by atoms with Crippen molar-refractivity contribution in [3.05, 3.63) is 64.2 Å². The Hall–Kier alpha value is -3.03. The van der Waals surface area contributed by atoms with Gasteiger partial charge in [-0.25, -0.2) is 0 Å². The van der Waals surface area contributed by atoms with Crippen molar-refractivity contribution in [2.75, 3.05) is 39.9 Å². The number of Topliss-reactive ketones (excluding diaryl/α,β-unsaturated/α-hetero) is 1. The fourth-order valence-corrected chi connectivity index (χ4v) is 4.56. The molecule has 1 fully saturated rings. The van der Waals surface area contributed by atoms with Gasteiger partial charge in [-0.2, -0.15) is 0 Å². The molecule has 1 N–H and O–H groups in total. The monoisotopic (exact) mass is 500 g/mol. The summed E-state index contributed by atoms with van der Waals surface area (Å²) in [7, 11) is 1.57. The highest BCUT2D eigenvalue weighted by atomic mass is 35.5. The van der Waals surface area contributed by atoms with Crippen molar-refractivity contribution in [2.45, 2.75) is 33.2 Å². The van der Waals surface area contributed by atoms with Crippen LogP contribution in [0.5, 0.6) is 11.5 Å². The molecule has 7 nitrogen and oxygen atoms in total. The minimum atomic E-state index is -0.719. The quantitative estimate of drug-likeness (QED) is 0.268. The van der Waals surface area contributed by atoms with Crippen LogP contribution < -0.4 is 9.47 Å². The minimum absolute atomic E-state index is 0.0447. The first-order valence-electron chi connectivity index (χ1n) is 11.9. The van der Waals surface area contributed by atoms with Crippen LogP contribution in [0, 0.1) is 0 Å². The highest BCUT2D eigenvalue weighted by Crippen LogP contribution is 2.40. The smallest absolute Gasteiger partial charge is 0.295 e. The van der Waals surface area contributed by atoms with Crippen LogP contribution in [-0.4, -0.2) is 66.5 Å². The number of carbonyl (C=O) groups excluding carboxylic acids is 2. The maximum Gasteiger partial charge on any atom is 0.295 e. The SMILES string of the molecule is CCOc1ccc(/C(O)=C2\C(=O)C(=O)N(CCCN(CC)CC)C2c2ccc(OC)cc2)cc1Cl. The van der Waals surface area contributed by atoms with Crippen molar-refractivity contribution < 1.29 is 24.2 Å². The Labute approximate surface area is 211 Å². The Morgan fingerprint density at radius 3 is 2.34 bits per heavy atom. The van der Waals surface area contributed by atoms with E-state index in [2.05, 4.69) is 18.7 Å². The van der Waals surface area contributed by atoms with E-state index in [1.54, 1.807) is 42.3 Å². The van der Waals surface area contributed by atoms with Gasteiger partial charge in [0.25, 0.3) is 11.7 Å². The highest BCUT2D eigenvalue weighted by molar-refractivity contribution is 6.46. The van der Waals surface area contributed by atoms with E-state index in [0.717, 1.165) is 19.6 Å². The molecule has 1 unspecified atom stereocenters. The van der Waals surface area contributed by atoms with Crippen LogP contribution in [0.25, 0.3) is 5.76 Å². The number of rotatable bonds is 11. The van der Waals surface area contributed by atoms with E-state index in [1.165, 1.54) is 0 Å². The van der Waals surface area contributed by atoms with E-state index in [9.17, 15) is 14.7 Å². The standard InChI is InChI=1S/C27H33ClN2O5/c1-5-29(6-2)15-8-16-30-24(18-9-12-20(34-4)13-10-18)23(26(32)27(30)33)25(31)19-11-14-22(35-7-3)21(28)17-19/h9-14,17,24,31H,5-8,15-16H2,1-4H3/b25-23+. The summed E-state index contributed by atoms with van der Waals surface area (Å²) in [6, 6.07) is 11.3. The highest BCUT2D eigenvalue weighted by Gasteiger charge is 2.45. The Bertz CT molecular complexity index is 1080. The number of hydrogen-bond donors (Lipinski definition) is 1. The van der Waals surface area contributed by atoms with Crippen LogP contribution >= 0.6 is 11.6 Å². The summed E-state index contributed by atoms with van der Waals surface area (Å²) >= 11 is 6.33. The molecule has 1 amide bonds. The van der Waals surface area contributed by atoms with E-state index in [4.69, 9.17) is 21.1 Å². The summed E-state index contributed by atoms with van der Waals surface area (Å²) in [6.45, 7) is 9.50. The number of benzene rings is 2. The summed E-state index contributed by atoms with van der Waals surface area (Å²) in [5.41, 5.74) is 1.10. The van der Waals surface area contributed by atoms with E-state index in [1.807, 2.05) is 19.1 Å². The molecule has 8 heteroatoms. The molecular weight excluding hydrogens is 468 g/mol. The Balaban J connectivity index is 2.04. The van der Waals surface area contributed by atoms with E-state index < -0.39 is 17.7 Å². The van der Waals surface area contributed by atoms with Crippen molar-refractivity contribution >= 4 is 29.1 Å². The number of ketones is 1. The van der Waals surface area contributed by atoms with Gasteiger partial charge in [-0.05, 0) is 68.9 Å². The van der Waals surface area contributed by atoms with Gasteiger partial charge in [0.1, 0.15) is 17.3 Å². The third-order valence-corrected chi connectivity index (χ3v) is 6.54. The molecule has 1 atom stereocenters. The molecule has 0 aromatic heterocycles. The fraction of sp³-hybridized carbons (Fsp3) is 0.407. The van der Waals surface area contributed by atoms with Crippen LogP contribution in [0.1, 0.15) is 44.4 Å². The summed E-state index contributed by atoms with van der Waals surface area (Å²) < 4.78 is 10.7. The van der Waals surface area contributed by atoms with E-state index in [0.29, 0.717) is 47.2 Å². The number of aliphatic hydroxyl groups excluding tert-OH is 1. The number of amides is 1. The first-order chi connectivity index (χ1) is 16.9. The van der Waals surface area contributed by atoms with E-state index >= 15 is 0 Å². The lowest BCUT2D eigenvalue weighted by molar-refractivity contribution is -0.140. The number of aliphatic hydroxyl groups is 1. The summed E-state index contributed by atoms with van der Waals surface area (Å²) in [5, 5.41) is 11.6. The molecule has 2 aromatic rings. The third kappa shape index (κ3) is 5.80. The molecule has 1 saturated heterocycles. The number of likely N-dealkylation sites (tertiary alicyclic amines) is 1. The summed E-state index contributed by atoms with van der Waals surface area (Å²) in [6.07, 6.45) is 0.705. The molecule has 0 spiro atoms. The molecule has 35 heavy (non-hydrogen) atoms. The second-order valence-electron chi connectivity index (χ2n) is 8.22. The number of nitrogens with zero attached hydrogens (tertiary/aromatic N) is 2. The van der Waals surface area contributed by atoms with Crippen molar-refractivity contribution in [1.29, 1.82) is 0 Å². The zero-order chi connectivity index (χ0) is 25.5. The van der Waals surface area contributed by atoms with Crippen LogP contribution in [-0.2, 0) is 9.59 Å². The minimum Gasteiger partial charge on any atom is -0.507 e. The number of hydrogen-bond acceptors (Lipinski definition) is 6. The largest absolute Gasteiger partial charge is 0.507 e. The first-order valence-corrected chi connectivity index (χ1v) is 12.3. The normalized spacial score (nSPS) is 17.3. The Morgan fingerprint density at radius 2 is 1.77 bits per heavy atom. The maximum atomic E-state index is 13.2. The van der Waals surface area contributed by atoms with Gasteiger partial charge < -0.3 is 24.4 Å². The number of methoxy groups -OCH3 is 1. The molecule has 0 bridgehead atoms. The predicted molar refractivity (Wildman–Crippen MR) is 137 cm³/mol. The zero-order valence-electron chi connectivity index (χ0n) is 20.7. The lowest BCUT2D eigenvalue weighted by atomic mass is 9.95. The van der Waals surface area contributed by atoms with Gasteiger partial charge in [0.05, 0.1) is 30.4 Å². The fourth-order valence-electron chi connectivity index (χ4n) is 4.32. The lowest BCUT2D eigenvalue weighted by Gasteiger charge is -2.27. The molecule has 0 radical (unpaired) electrons. The molecule has 188 valence electrons. The summed E-state index contributed by atoms with van der Waals surface area (Å²) in [5.74, 6) is -0.458. The van der Waals surface area contributed by atoms with Crippen LogP contribution in [0.2, 0.25) is 5.02 Å². The van der Waals surface area contributed by atoms with Gasteiger partial charge in [0, 0.05) is 12.1 Å². The van der Waals surface area contributed by atoms with Gasteiger partial charge >= 0.3 is 0 Å². The second kappa shape index (κ2) is 12.1. The molecule has 0 aliphatic carbocycles. The number of halogens is 1. The topological polar surface area (TPSA) is 79.3 Å². The summed E-state index contributed by atoms with van der Waals surface area (Å²) in [4.78, 5) is 30.1. The molecule has 1 heterocycles. The Kier molecular flexibility index (Phi) is 9.18. The van der Waals surface area contributed by atoms with Crippen LogP contribution in [0.3, 0.4) is 0 Å². The van der Waals surface area contributed by atoms with Crippen molar-refractivity contribution in [2.24, 2.45) is 0 Å². The van der Waals surface area contributed by atoms with Crippen LogP contribution in [0.15, 0.2) is 48.0 Å². The molecule has 1 aliphatic heterocycles. The van der Waals surface area contributed by atoms with E-state index in [-0.39, 0.29) is 11.3 Å². The van der Waals surface area contributed by atoms with Gasteiger partial charge in [-0.1, -0.05) is 37.6 Å². The van der Waals surface area contributed by atoms with Gasteiger partial charge in [0.2, 0.25) is 0 Å². The van der Waals surface area contributed by atoms with Gasteiger partial charge in [-0.15, -0.1) is 0 Å². The predicted octanol–water partition coefficient (Wildman–Crippen LogP) is 4.90. The van der Waals surface area contributed by atoms with Gasteiger partial charge in [-0.3, -0.25) is 9.59 Å². The molecular formula is C27H33ClN2O5. The first kappa shape index (κ1) is 26.6.